The van der Waals surface area contributed by atoms with Crippen LogP contribution in [0.2, 0.25) is 0 Å². The Balaban J connectivity index is 1.38. The number of anilines is 1. The summed E-state index contributed by atoms with van der Waals surface area (Å²) >= 11 is 0. The molecule has 0 saturated carbocycles. The van der Waals surface area contributed by atoms with Crippen LogP contribution in [0, 0.1) is 17.2 Å². The van der Waals surface area contributed by atoms with Crippen molar-refractivity contribution in [1.29, 1.82) is 5.26 Å². The van der Waals surface area contributed by atoms with Gasteiger partial charge in [0.1, 0.15) is 24.2 Å². The van der Waals surface area contributed by atoms with Crippen molar-refractivity contribution in [2.24, 2.45) is 5.92 Å². The van der Waals surface area contributed by atoms with Gasteiger partial charge in [0.05, 0.1) is 43.0 Å². The zero-order valence-corrected chi connectivity index (χ0v) is 18.6. The highest BCUT2D eigenvalue weighted by atomic mass is 19.3. The molecule has 1 spiro atoms. The Morgan fingerprint density at radius 2 is 2.12 bits per heavy atom. The van der Waals surface area contributed by atoms with Crippen molar-refractivity contribution < 1.29 is 23.4 Å². The predicted octanol–water partition coefficient (Wildman–Crippen LogP) is 0.627. The number of alkyl halides is 2. The van der Waals surface area contributed by atoms with Gasteiger partial charge in [0.15, 0.2) is 5.82 Å². The van der Waals surface area contributed by atoms with Crippen LogP contribution in [0.1, 0.15) is 31.1 Å². The molecule has 0 amide bonds. The number of rotatable bonds is 5. The largest absolute Gasteiger partial charge is 0.389 e. The lowest BCUT2D eigenvalue weighted by atomic mass is 9.83. The Kier molecular flexibility index (Phi) is 5.76. The van der Waals surface area contributed by atoms with Crippen LogP contribution >= 0.6 is 0 Å². The molecule has 0 aliphatic carbocycles. The minimum absolute atomic E-state index is 0.102. The minimum Gasteiger partial charge on any atom is -0.389 e. The molecule has 0 aromatic carbocycles. The first-order chi connectivity index (χ1) is 16.3. The molecule has 34 heavy (non-hydrogen) atoms. The van der Waals surface area contributed by atoms with E-state index in [1.807, 2.05) is 4.90 Å². The number of fused-ring (bicyclic) bond motifs is 1. The summed E-state index contributed by atoms with van der Waals surface area (Å²) in [5, 5.41) is 24.1. The van der Waals surface area contributed by atoms with Crippen molar-refractivity contribution in [3.8, 4) is 6.07 Å². The Hall–Kier alpha value is -2.72. The first-order valence-corrected chi connectivity index (χ1v) is 11.4. The SMILES string of the molecule is N#CCN1CCC2(CC1)CC(F)(F)CN2C[C@H]1O[C@@H](c2ccc3c(N)ncnn23)[C@H](O)[C@@H]1C=O. The van der Waals surface area contributed by atoms with Crippen LogP contribution < -0.4 is 5.73 Å². The fourth-order valence-corrected chi connectivity index (χ4v) is 5.84. The van der Waals surface area contributed by atoms with Crippen molar-refractivity contribution >= 4 is 17.6 Å². The maximum Gasteiger partial charge on any atom is 0.262 e. The van der Waals surface area contributed by atoms with Gasteiger partial charge in [0.25, 0.3) is 5.92 Å². The van der Waals surface area contributed by atoms with Crippen LogP contribution in [-0.2, 0) is 9.53 Å². The van der Waals surface area contributed by atoms with Crippen LogP contribution in [-0.4, -0.2) is 92.2 Å². The van der Waals surface area contributed by atoms with Gasteiger partial charge in [-0.1, -0.05) is 0 Å². The molecule has 10 nitrogen and oxygen atoms in total. The number of piperidine rings is 1. The molecule has 4 atom stereocenters. The number of aliphatic hydroxyl groups excluding tert-OH is 1. The van der Waals surface area contributed by atoms with Gasteiger partial charge in [0, 0.05) is 31.6 Å². The summed E-state index contributed by atoms with van der Waals surface area (Å²) in [7, 11) is 0. The van der Waals surface area contributed by atoms with E-state index in [1.54, 1.807) is 17.0 Å². The fraction of sp³-hybridized carbons (Fsp3) is 0.636. The number of aliphatic hydroxyl groups is 1. The molecule has 3 saturated heterocycles. The average Bonchev–Trinajstić information content (AvgIpc) is 3.43. The first-order valence-electron chi connectivity index (χ1n) is 11.4. The van der Waals surface area contributed by atoms with E-state index in [4.69, 9.17) is 15.7 Å². The molecular weight excluding hydrogens is 448 g/mol. The smallest absolute Gasteiger partial charge is 0.262 e. The van der Waals surface area contributed by atoms with E-state index in [9.17, 15) is 18.7 Å². The second-order valence-corrected chi connectivity index (χ2v) is 9.57. The molecule has 0 unspecified atom stereocenters. The third-order valence-corrected chi connectivity index (χ3v) is 7.58. The lowest BCUT2D eigenvalue weighted by Crippen LogP contribution is -2.54. The molecule has 3 aliphatic heterocycles. The van der Waals surface area contributed by atoms with Crippen LogP contribution in [0.4, 0.5) is 14.6 Å². The number of aromatic nitrogens is 3. The Morgan fingerprint density at radius 1 is 1.35 bits per heavy atom. The number of likely N-dealkylation sites (tertiary alicyclic amines) is 2. The highest BCUT2D eigenvalue weighted by Crippen LogP contribution is 2.47. The summed E-state index contributed by atoms with van der Waals surface area (Å²) in [5.74, 6) is -3.46. The van der Waals surface area contributed by atoms with E-state index >= 15 is 0 Å². The maximum atomic E-state index is 14.6. The quantitative estimate of drug-likeness (QED) is 0.472. The second kappa shape index (κ2) is 8.49. The van der Waals surface area contributed by atoms with Gasteiger partial charge >= 0.3 is 0 Å². The number of hydrogen-bond acceptors (Lipinski definition) is 9. The molecule has 3 N–H and O–H groups in total. The molecule has 2 aromatic heterocycles. The standard InChI is InChI=1S/C22H27F2N7O3/c23-22(24)11-21(3-6-29(7-4-21)8-5-25)30(12-22)9-17-14(10-32)18(33)19(34-17)15-1-2-16-20(26)27-13-28-31(15)16/h1-2,10,13-14,17-19,33H,3-4,6-9,11-12H2,(H2,26,27,28)/t14-,17-,18-,19+/m1/s1. The molecule has 0 radical (unpaired) electrons. The van der Waals surface area contributed by atoms with E-state index in [2.05, 4.69) is 16.2 Å². The molecule has 0 bridgehead atoms. The summed E-state index contributed by atoms with van der Waals surface area (Å²) < 4.78 is 36.9. The number of nitrogens with two attached hydrogens (primary N) is 1. The molecule has 3 aliphatic rings. The molecule has 5 rings (SSSR count). The number of carbonyl (C=O) groups is 1. The molecule has 182 valence electrons. The first kappa shape index (κ1) is 23.0. The van der Waals surface area contributed by atoms with Crippen LogP contribution in [0.3, 0.4) is 0 Å². The summed E-state index contributed by atoms with van der Waals surface area (Å²) in [6.45, 7) is 1.08. The Bertz CT molecular complexity index is 1110. The summed E-state index contributed by atoms with van der Waals surface area (Å²) in [5.41, 5.74) is 6.23. The lowest BCUT2D eigenvalue weighted by Gasteiger charge is -2.45. The lowest BCUT2D eigenvalue weighted by molar-refractivity contribution is -0.115. The minimum atomic E-state index is -2.85. The highest BCUT2D eigenvalue weighted by Gasteiger charge is 2.57. The van der Waals surface area contributed by atoms with Crippen molar-refractivity contribution in [3.05, 3.63) is 24.2 Å². The molecule has 3 fully saturated rings. The van der Waals surface area contributed by atoms with Crippen LogP contribution in [0.15, 0.2) is 18.5 Å². The Morgan fingerprint density at radius 3 is 2.82 bits per heavy atom. The average molecular weight is 476 g/mol. The Labute approximate surface area is 194 Å². The summed E-state index contributed by atoms with van der Waals surface area (Å²) in [6.07, 6.45) is -0.0963. The second-order valence-electron chi connectivity index (χ2n) is 9.57. The number of nitrogens with zero attached hydrogens (tertiary/aromatic N) is 6. The van der Waals surface area contributed by atoms with E-state index < -0.39 is 42.2 Å². The maximum absolute atomic E-state index is 14.6. The third-order valence-electron chi connectivity index (χ3n) is 7.58. The number of ether oxygens (including phenoxy) is 1. The zero-order valence-electron chi connectivity index (χ0n) is 18.6. The van der Waals surface area contributed by atoms with Crippen molar-refractivity contribution in [2.45, 2.75) is 49.0 Å². The van der Waals surface area contributed by atoms with E-state index in [0.29, 0.717) is 43.4 Å². The number of halogens is 2. The summed E-state index contributed by atoms with van der Waals surface area (Å²) in [4.78, 5) is 19.6. The number of hydrogen-bond donors (Lipinski definition) is 2. The molecule has 12 heteroatoms. The molecule has 5 heterocycles. The highest BCUT2D eigenvalue weighted by molar-refractivity contribution is 5.65. The fourth-order valence-electron chi connectivity index (χ4n) is 5.84. The number of nitrogen functional groups attached to an aromatic ring is 1. The van der Waals surface area contributed by atoms with Crippen molar-refractivity contribution in [3.63, 3.8) is 0 Å². The number of aldehydes is 1. The van der Waals surface area contributed by atoms with Gasteiger partial charge in [-0.25, -0.2) is 18.3 Å². The number of nitriles is 1. The predicted molar refractivity (Wildman–Crippen MR) is 116 cm³/mol. The number of carbonyl (C=O) groups excluding carboxylic acids is 1. The van der Waals surface area contributed by atoms with Gasteiger partial charge in [-0.3, -0.25) is 9.80 Å². The van der Waals surface area contributed by atoms with Gasteiger partial charge in [-0.2, -0.15) is 10.4 Å². The zero-order chi connectivity index (χ0) is 24.1. The van der Waals surface area contributed by atoms with Crippen LogP contribution in [0.25, 0.3) is 5.52 Å². The van der Waals surface area contributed by atoms with E-state index in [1.165, 1.54) is 10.8 Å². The van der Waals surface area contributed by atoms with Gasteiger partial charge in [0.2, 0.25) is 0 Å². The van der Waals surface area contributed by atoms with Gasteiger partial charge in [-0.05, 0) is 25.0 Å². The van der Waals surface area contributed by atoms with E-state index in [0.717, 1.165) is 0 Å². The third kappa shape index (κ3) is 3.82. The summed E-state index contributed by atoms with van der Waals surface area (Å²) in [6, 6.07) is 5.52. The molecule has 2 aromatic rings. The van der Waals surface area contributed by atoms with Crippen molar-refractivity contribution in [1.82, 2.24) is 24.4 Å². The molecular formula is C22H27F2N7O3. The van der Waals surface area contributed by atoms with Gasteiger partial charge < -0.3 is 20.4 Å². The van der Waals surface area contributed by atoms with E-state index in [-0.39, 0.29) is 25.3 Å². The van der Waals surface area contributed by atoms with Crippen molar-refractivity contribution in [2.75, 3.05) is 38.5 Å². The normalized spacial score (nSPS) is 31.2. The topological polar surface area (TPSA) is 133 Å². The van der Waals surface area contributed by atoms with Gasteiger partial charge in [-0.15, -0.1) is 0 Å². The van der Waals surface area contributed by atoms with Crippen LogP contribution in [0.5, 0.6) is 0 Å². The monoisotopic (exact) mass is 475 g/mol.